The molecule has 0 unspecified atom stereocenters. The molecule has 0 radical (unpaired) electrons. The largest absolute Gasteiger partial charge is 0.494 e. The van der Waals surface area contributed by atoms with E-state index in [1.807, 2.05) is 6.92 Å². The van der Waals surface area contributed by atoms with Crippen LogP contribution in [0.25, 0.3) is 0 Å². The quantitative estimate of drug-likeness (QED) is 0.667. The first kappa shape index (κ1) is 9.11. The third-order valence-electron chi connectivity index (χ3n) is 1.83. The molecule has 1 aromatic carbocycles. The van der Waals surface area contributed by atoms with E-state index in [9.17, 15) is 0 Å². The molecule has 0 aliphatic heterocycles. The van der Waals surface area contributed by atoms with Crippen molar-refractivity contribution >= 4 is 0 Å². The molecule has 0 N–H and O–H groups in total. The maximum Gasteiger partial charge on any atom is 0.119 e. The Labute approximate surface area is 74.4 Å². The lowest BCUT2D eigenvalue weighted by molar-refractivity contribution is 0.339. The third kappa shape index (κ3) is 2.26. The zero-order valence-corrected chi connectivity index (χ0v) is 8.05. The van der Waals surface area contributed by atoms with E-state index in [-0.39, 0.29) is 0 Å². The molecule has 0 aliphatic rings. The second-order valence-electron chi connectivity index (χ2n) is 2.94. The fraction of sp³-hybridized carbons (Fsp3) is 0.455. The number of rotatable bonds is 3. The monoisotopic (exact) mass is 164 g/mol. The highest BCUT2D eigenvalue weighted by Gasteiger charge is 1.96. The molecule has 0 bridgehead atoms. The van der Waals surface area contributed by atoms with Crippen molar-refractivity contribution in [2.24, 2.45) is 0 Å². The Morgan fingerprint density at radius 3 is 2.50 bits per heavy atom. The normalized spacial score (nSPS) is 9.92. The molecule has 66 valence electrons. The van der Waals surface area contributed by atoms with Crippen molar-refractivity contribution in [2.75, 3.05) is 6.61 Å². The van der Waals surface area contributed by atoms with Gasteiger partial charge in [0.1, 0.15) is 5.75 Å². The predicted octanol–water partition coefficient (Wildman–Crippen LogP) is 2.96. The fourth-order valence-electron chi connectivity index (χ4n) is 1.28. The van der Waals surface area contributed by atoms with Crippen molar-refractivity contribution in [3.8, 4) is 5.75 Å². The molecule has 0 spiro atoms. The van der Waals surface area contributed by atoms with Gasteiger partial charge in [-0.1, -0.05) is 13.0 Å². The maximum atomic E-state index is 5.43. The van der Waals surface area contributed by atoms with Crippen LogP contribution in [-0.2, 0) is 6.42 Å². The highest BCUT2D eigenvalue weighted by Crippen LogP contribution is 2.16. The Morgan fingerprint density at radius 2 is 1.92 bits per heavy atom. The SMILES string of the molecule is CCOc1cc(C)cc(CC)c1. The van der Waals surface area contributed by atoms with E-state index >= 15 is 0 Å². The van der Waals surface area contributed by atoms with Gasteiger partial charge >= 0.3 is 0 Å². The molecular weight excluding hydrogens is 148 g/mol. The van der Waals surface area contributed by atoms with Crippen LogP contribution in [0.1, 0.15) is 25.0 Å². The Hall–Kier alpha value is -0.980. The van der Waals surface area contributed by atoms with Gasteiger partial charge in [-0.15, -0.1) is 0 Å². The van der Waals surface area contributed by atoms with Gasteiger partial charge in [0.2, 0.25) is 0 Å². The van der Waals surface area contributed by atoms with Gasteiger partial charge in [0, 0.05) is 0 Å². The molecule has 1 heteroatoms. The molecule has 12 heavy (non-hydrogen) atoms. The Balaban J connectivity index is 2.90. The highest BCUT2D eigenvalue weighted by molar-refractivity contribution is 5.33. The predicted molar refractivity (Wildman–Crippen MR) is 51.7 cm³/mol. The van der Waals surface area contributed by atoms with E-state index in [1.165, 1.54) is 11.1 Å². The van der Waals surface area contributed by atoms with E-state index in [0.29, 0.717) is 0 Å². The minimum absolute atomic E-state index is 0.743. The highest BCUT2D eigenvalue weighted by atomic mass is 16.5. The molecule has 0 fully saturated rings. The third-order valence-corrected chi connectivity index (χ3v) is 1.83. The lowest BCUT2D eigenvalue weighted by atomic mass is 10.1. The van der Waals surface area contributed by atoms with Gasteiger partial charge in [-0.3, -0.25) is 0 Å². The first-order valence-corrected chi connectivity index (χ1v) is 4.49. The summed E-state index contributed by atoms with van der Waals surface area (Å²) in [6.07, 6.45) is 1.07. The van der Waals surface area contributed by atoms with Gasteiger partial charge in [0.15, 0.2) is 0 Å². The van der Waals surface area contributed by atoms with Crippen LogP contribution in [0.15, 0.2) is 18.2 Å². The van der Waals surface area contributed by atoms with Gasteiger partial charge in [-0.2, -0.15) is 0 Å². The summed E-state index contributed by atoms with van der Waals surface area (Å²) in [6.45, 7) is 7.01. The minimum Gasteiger partial charge on any atom is -0.494 e. The van der Waals surface area contributed by atoms with Crippen molar-refractivity contribution in [1.29, 1.82) is 0 Å². The van der Waals surface area contributed by atoms with E-state index in [4.69, 9.17) is 4.74 Å². The molecular formula is C11H16O. The lowest BCUT2D eigenvalue weighted by Gasteiger charge is -2.06. The molecule has 1 aromatic rings. The van der Waals surface area contributed by atoms with Crippen LogP contribution >= 0.6 is 0 Å². The molecule has 0 saturated heterocycles. The molecule has 1 rings (SSSR count). The van der Waals surface area contributed by atoms with Crippen LogP contribution in [-0.4, -0.2) is 6.61 Å². The summed E-state index contributed by atoms with van der Waals surface area (Å²) in [5.74, 6) is 0.995. The van der Waals surface area contributed by atoms with Crippen LogP contribution in [0.5, 0.6) is 5.75 Å². The Morgan fingerprint density at radius 1 is 1.17 bits per heavy atom. The molecule has 1 nitrogen and oxygen atoms in total. The van der Waals surface area contributed by atoms with Crippen molar-refractivity contribution in [3.63, 3.8) is 0 Å². The number of aryl methyl sites for hydroxylation is 2. The van der Waals surface area contributed by atoms with Crippen LogP contribution in [0.2, 0.25) is 0 Å². The standard InChI is InChI=1S/C11H16O/c1-4-10-6-9(3)7-11(8-10)12-5-2/h6-8H,4-5H2,1-3H3. The van der Waals surface area contributed by atoms with E-state index in [1.54, 1.807) is 0 Å². The molecule has 0 atom stereocenters. The van der Waals surface area contributed by atoms with Gasteiger partial charge in [-0.25, -0.2) is 0 Å². The second-order valence-corrected chi connectivity index (χ2v) is 2.94. The first-order chi connectivity index (χ1) is 5.76. The minimum atomic E-state index is 0.743. The van der Waals surface area contributed by atoms with Crippen molar-refractivity contribution < 1.29 is 4.74 Å². The van der Waals surface area contributed by atoms with E-state index < -0.39 is 0 Å². The molecule has 0 saturated carbocycles. The van der Waals surface area contributed by atoms with Crippen molar-refractivity contribution in [2.45, 2.75) is 27.2 Å². The second kappa shape index (κ2) is 4.15. The van der Waals surface area contributed by atoms with Gasteiger partial charge in [0.25, 0.3) is 0 Å². The average molecular weight is 164 g/mol. The topological polar surface area (TPSA) is 9.23 Å². The van der Waals surface area contributed by atoms with Gasteiger partial charge < -0.3 is 4.74 Å². The lowest BCUT2D eigenvalue weighted by Crippen LogP contribution is -1.93. The van der Waals surface area contributed by atoms with E-state index in [0.717, 1.165) is 18.8 Å². The number of ether oxygens (including phenoxy) is 1. The van der Waals surface area contributed by atoms with Crippen LogP contribution < -0.4 is 4.74 Å². The molecule has 0 heterocycles. The smallest absolute Gasteiger partial charge is 0.119 e. The van der Waals surface area contributed by atoms with Gasteiger partial charge in [-0.05, 0) is 43.5 Å². The molecule has 0 aliphatic carbocycles. The van der Waals surface area contributed by atoms with Crippen LogP contribution in [0, 0.1) is 6.92 Å². The molecule has 0 aromatic heterocycles. The van der Waals surface area contributed by atoms with Crippen LogP contribution in [0.4, 0.5) is 0 Å². The first-order valence-electron chi connectivity index (χ1n) is 4.49. The fourth-order valence-corrected chi connectivity index (χ4v) is 1.28. The summed E-state index contributed by atoms with van der Waals surface area (Å²) in [5, 5.41) is 0. The maximum absolute atomic E-state index is 5.43. The van der Waals surface area contributed by atoms with Crippen molar-refractivity contribution in [3.05, 3.63) is 29.3 Å². The summed E-state index contributed by atoms with van der Waals surface area (Å²) >= 11 is 0. The van der Waals surface area contributed by atoms with Crippen molar-refractivity contribution in [1.82, 2.24) is 0 Å². The zero-order valence-electron chi connectivity index (χ0n) is 8.05. The Kier molecular flexibility index (Phi) is 3.15. The summed E-state index contributed by atoms with van der Waals surface area (Å²) in [6, 6.07) is 6.38. The molecule has 0 amide bonds. The number of hydrogen-bond acceptors (Lipinski definition) is 1. The summed E-state index contributed by atoms with van der Waals surface area (Å²) < 4.78 is 5.43. The number of hydrogen-bond donors (Lipinski definition) is 0. The summed E-state index contributed by atoms with van der Waals surface area (Å²) in [5.41, 5.74) is 2.62. The number of benzene rings is 1. The summed E-state index contributed by atoms with van der Waals surface area (Å²) in [4.78, 5) is 0. The zero-order chi connectivity index (χ0) is 8.97. The Bertz CT molecular complexity index is 253. The average Bonchev–Trinajstić information content (AvgIpc) is 2.04. The summed E-state index contributed by atoms with van der Waals surface area (Å²) in [7, 11) is 0. The van der Waals surface area contributed by atoms with Crippen LogP contribution in [0.3, 0.4) is 0 Å². The van der Waals surface area contributed by atoms with Gasteiger partial charge in [0.05, 0.1) is 6.61 Å². The van der Waals surface area contributed by atoms with E-state index in [2.05, 4.69) is 32.0 Å².